The minimum atomic E-state index is -0.884. The van der Waals surface area contributed by atoms with Gasteiger partial charge in [0.2, 0.25) is 5.91 Å². The second kappa shape index (κ2) is 9.75. The molecule has 1 atom stereocenters. The number of nitrogens with zero attached hydrogens (tertiary/aromatic N) is 1. The second-order valence-electron chi connectivity index (χ2n) is 5.89. The van der Waals surface area contributed by atoms with E-state index in [-0.39, 0.29) is 31.0 Å². The Labute approximate surface area is 122 Å². The molecular weight excluding hydrogens is 258 g/mol. The molecule has 0 saturated heterocycles. The highest BCUT2D eigenvalue weighted by Gasteiger charge is 2.18. The number of amides is 1. The van der Waals surface area contributed by atoms with Gasteiger partial charge in [-0.25, -0.2) is 0 Å². The van der Waals surface area contributed by atoms with Crippen LogP contribution >= 0.6 is 0 Å². The number of carboxylic acids is 1. The van der Waals surface area contributed by atoms with Crippen LogP contribution in [0, 0.1) is 5.92 Å². The van der Waals surface area contributed by atoms with Crippen molar-refractivity contribution in [1.29, 1.82) is 0 Å². The van der Waals surface area contributed by atoms with E-state index < -0.39 is 5.97 Å². The topological polar surface area (TPSA) is 66.8 Å². The smallest absolute Gasteiger partial charge is 0.305 e. The molecule has 0 heterocycles. The molecule has 0 radical (unpaired) electrons. The predicted molar refractivity (Wildman–Crippen MR) is 78.6 cm³/mol. The zero-order valence-corrected chi connectivity index (χ0v) is 13.4. The highest BCUT2D eigenvalue weighted by molar-refractivity contribution is 5.77. The molecule has 1 N–H and O–H groups in total. The van der Waals surface area contributed by atoms with Gasteiger partial charge in [0.25, 0.3) is 0 Å². The molecule has 0 saturated carbocycles. The zero-order chi connectivity index (χ0) is 15.7. The normalized spacial score (nSPS) is 12.8. The molecule has 0 aliphatic rings. The Morgan fingerprint density at radius 1 is 1.10 bits per heavy atom. The molecule has 0 rings (SSSR count). The minimum Gasteiger partial charge on any atom is -0.481 e. The van der Waals surface area contributed by atoms with Gasteiger partial charge in [-0.3, -0.25) is 9.59 Å². The van der Waals surface area contributed by atoms with Crippen molar-refractivity contribution in [1.82, 2.24) is 4.90 Å². The van der Waals surface area contributed by atoms with Crippen molar-refractivity contribution < 1.29 is 19.4 Å². The summed E-state index contributed by atoms with van der Waals surface area (Å²) in [5, 5.41) is 8.70. The fourth-order valence-electron chi connectivity index (χ4n) is 2.11. The van der Waals surface area contributed by atoms with E-state index in [4.69, 9.17) is 9.84 Å². The molecular formula is C15H29NO4. The number of carboxylic acid groups (broad SMARTS) is 1. The molecule has 5 heteroatoms. The number of carbonyl (C=O) groups is 2. The first-order valence-corrected chi connectivity index (χ1v) is 7.36. The standard InChI is InChI=1S/C15H29NO4/c1-11(2)10-13(5)20-9-7-14(17)16(12(3)4)8-6-15(18)19/h11-13H,6-10H2,1-5H3,(H,18,19). The number of rotatable bonds is 10. The molecule has 1 amide bonds. The molecule has 0 aromatic rings. The van der Waals surface area contributed by atoms with Crippen LogP contribution in [-0.4, -0.2) is 47.2 Å². The summed E-state index contributed by atoms with van der Waals surface area (Å²) in [5.41, 5.74) is 0. The van der Waals surface area contributed by atoms with Crippen molar-refractivity contribution in [3.8, 4) is 0 Å². The average molecular weight is 287 g/mol. The summed E-state index contributed by atoms with van der Waals surface area (Å²) >= 11 is 0. The number of hydrogen-bond donors (Lipinski definition) is 1. The largest absolute Gasteiger partial charge is 0.481 e. The highest BCUT2D eigenvalue weighted by atomic mass is 16.5. The Morgan fingerprint density at radius 2 is 1.70 bits per heavy atom. The Hall–Kier alpha value is -1.10. The minimum absolute atomic E-state index is 0.00920. The molecule has 0 spiro atoms. The van der Waals surface area contributed by atoms with Crippen molar-refractivity contribution in [2.75, 3.05) is 13.2 Å². The molecule has 0 aliphatic carbocycles. The van der Waals surface area contributed by atoms with Gasteiger partial charge in [0.15, 0.2) is 0 Å². The number of aliphatic carboxylic acids is 1. The third kappa shape index (κ3) is 8.91. The Balaban J connectivity index is 4.10. The van der Waals surface area contributed by atoms with E-state index in [1.807, 2.05) is 20.8 Å². The van der Waals surface area contributed by atoms with Gasteiger partial charge in [0, 0.05) is 12.6 Å². The average Bonchev–Trinajstić information content (AvgIpc) is 2.26. The molecule has 0 fully saturated rings. The van der Waals surface area contributed by atoms with Gasteiger partial charge in [0.05, 0.1) is 25.6 Å². The van der Waals surface area contributed by atoms with Gasteiger partial charge >= 0.3 is 5.97 Å². The lowest BCUT2D eigenvalue weighted by atomic mass is 10.1. The van der Waals surface area contributed by atoms with Crippen LogP contribution in [0.1, 0.15) is 53.9 Å². The molecule has 0 aliphatic heterocycles. The summed E-state index contributed by atoms with van der Waals surface area (Å²) in [4.78, 5) is 24.2. The van der Waals surface area contributed by atoms with Gasteiger partial charge in [0.1, 0.15) is 0 Å². The Kier molecular flexibility index (Phi) is 9.21. The van der Waals surface area contributed by atoms with Crippen molar-refractivity contribution in [3.63, 3.8) is 0 Å². The zero-order valence-electron chi connectivity index (χ0n) is 13.4. The van der Waals surface area contributed by atoms with Crippen LogP contribution in [0.5, 0.6) is 0 Å². The van der Waals surface area contributed by atoms with Crippen LogP contribution in [0.2, 0.25) is 0 Å². The van der Waals surface area contributed by atoms with Crippen LogP contribution in [0.25, 0.3) is 0 Å². The molecule has 0 bridgehead atoms. The Bertz CT molecular complexity index is 302. The lowest BCUT2D eigenvalue weighted by Crippen LogP contribution is -2.39. The van der Waals surface area contributed by atoms with Crippen LogP contribution in [-0.2, 0) is 14.3 Å². The third-order valence-electron chi connectivity index (χ3n) is 3.03. The van der Waals surface area contributed by atoms with E-state index >= 15 is 0 Å². The predicted octanol–water partition coefficient (Wildman–Crippen LogP) is 2.54. The van der Waals surface area contributed by atoms with Crippen molar-refractivity contribution in [3.05, 3.63) is 0 Å². The van der Waals surface area contributed by atoms with Gasteiger partial charge in [-0.15, -0.1) is 0 Å². The van der Waals surface area contributed by atoms with Gasteiger partial charge in [-0.2, -0.15) is 0 Å². The first-order valence-electron chi connectivity index (χ1n) is 7.36. The van der Waals surface area contributed by atoms with Gasteiger partial charge < -0.3 is 14.7 Å². The summed E-state index contributed by atoms with van der Waals surface area (Å²) in [6, 6.07) is 0.00920. The van der Waals surface area contributed by atoms with Crippen molar-refractivity contribution in [2.24, 2.45) is 5.92 Å². The Morgan fingerprint density at radius 3 is 2.15 bits per heavy atom. The maximum atomic E-state index is 12.1. The lowest BCUT2D eigenvalue weighted by Gasteiger charge is -2.26. The maximum absolute atomic E-state index is 12.1. The van der Waals surface area contributed by atoms with Crippen LogP contribution in [0.3, 0.4) is 0 Å². The third-order valence-corrected chi connectivity index (χ3v) is 3.03. The SMILES string of the molecule is CC(C)CC(C)OCCC(=O)N(CCC(=O)O)C(C)C. The summed E-state index contributed by atoms with van der Waals surface area (Å²) in [6.45, 7) is 10.7. The summed E-state index contributed by atoms with van der Waals surface area (Å²) < 4.78 is 5.62. The fourth-order valence-corrected chi connectivity index (χ4v) is 2.11. The fraction of sp³-hybridized carbons (Fsp3) is 0.867. The number of carbonyl (C=O) groups excluding carboxylic acids is 1. The number of hydrogen-bond acceptors (Lipinski definition) is 3. The summed E-state index contributed by atoms with van der Waals surface area (Å²) in [5.74, 6) is -0.355. The lowest BCUT2D eigenvalue weighted by molar-refractivity contribution is -0.139. The second-order valence-corrected chi connectivity index (χ2v) is 5.89. The quantitative estimate of drug-likeness (QED) is 0.670. The van der Waals surface area contributed by atoms with E-state index in [1.165, 1.54) is 0 Å². The van der Waals surface area contributed by atoms with E-state index in [0.29, 0.717) is 18.9 Å². The van der Waals surface area contributed by atoms with Crippen LogP contribution in [0.15, 0.2) is 0 Å². The molecule has 0 aromatic heterocycles. The van der Waals surface area contributed by atoms with E-state index in [1.54, 1.807) is 4.90 Å². The van der Waals surface area contributed by atoms with Gasteiger partial charge in [-0.05, 0) is 33.1 Å². The summed E-state index contributed by atoms with van der Waals surface area (Å²) in [7, 11) is 0. The summed E-state index contributed by atoms with van der Waals surface area (Å²) in [6.07, 6.45) is 1.41. The first kappa shape index (κ1) is 18.9. The first-order chi connectivity index (χ1) is 9.23. The molecule has 1 unspecified atom stereocenters. The van der Waals surface area contributed by atoms with Crippen molar-refractivity contribution in [2.45, 2.75) is 66.0 Å². The van der Waals surface area contributed by atoms with Crippen LogP contribution < -0.4 is 0 Å². The van der Waals surface area contributed by atoms with E-state index in [9.17, 15) is 9.59 Å². The number of ether oxygens (including phenoxy) is 1. The molecule has 0 aromatic carbocycles. The monoisotopic (exact) mass is 287 g/mol. The molecule has 5 nitrogen and oxygen atoms in total. The molecule has 20 heavy (non-hydrogen) atoms. The van der Waals surface area contributed by atoms with Gasteiger partial charge in [-0.1, -0.05) is 13.8 Å². The molecule has 118 valence electrons. The maximum Gasteiger partial charge on any atom is 0.305 e. The van der Waals surface area contributed by atoms with Crippen molar-refractivity contribution >= 4 is 11.9 Å². The van der Waals surface area contributed by atoms with E-state index in [2.05, 4.69) is 13.8 Å². The van der Waals surface area contributed by atoms with E-state index in [0.717, 1.165) is 6.42 Å². The highest BCUT2D eigenvalue weighted by Crippen LogP contribution is 2.09. The van der Waals surface area contributed by atoms with Crippen LogP contribution in [0.4, 0.5) is 0 Å².